The Hall–Kier alpha value is -2.94. The number of nitrogens with zero attached hydrogens (tertiary/aromatic N) is 1. The molecule has 128 valence electrons. The van der Waals surface area contributed by atoms with Crippen molar-refractivity contribution < 1.29 is 38.5 Å². The number of ether oxygens (including phenoxy) is 3. The molecule has 1 heterocycles. The maximum atomic E-state index is 12.7. The summed E-state index contributed by atoms with van der Waals surface area (Å²) in [5.41, 5.74) is -0.110. The van der Waals surface area contributed by atoms with Crippen LogP contribution in [0.5, 0.6) is 11.5 Å². The first-order valence-corrected chi connectivity index (χ1v) is 6.92. The fourth-order valence-corrected chi connectivity index (χ4v) is 2.17. The van der Waals surface area contributed by atoms with E-state index < -0.39 is 29.9 Å². The minimum atomic E-state index is -1.22. The number of amides is 1. The summed E-state index contributed by atoms with van der Waals surface area (Å²) in [5.74, 6) is -3.69. The second-order valence-corrected chi connectivity index (χ2v) is 4.95. The minimum Gasteiger partial charge on any atom is -0.480 e. The molecule has 2 rings (SSSR count). The largest absolute Gasteiger partial charge is 0.480 e. The summed E-state index contributed by atoms with van der Waals surface area (Å²) in [6, 6.07) is 2.96. The molecule has 0 unspecified atom stereocenters. The summed E-state index contributed by atoms with van der Waals surface area (Å²) < 4.78 is 15.0. The minimum absolute atomic E-state index is 0.110. The van der Waals surface area contributed by atoms with Crippen molar-refractivity contribution >= 4 is 23.8 Å². The van der Waals surface area contributed by atoms with Crippen LogP contribution in [0.2, 0.25) is 0 Å². The summed E-state index contributed by atoms with van der Waals surface area (Å²) in [6.07, 6.45) is 0. The van der Waals surface area contributed by atoms with E-state index >= 15 is 0 Å². The van der Waals surface area contributed by atoms with Gasteiger partial charge in [0.05, 0.1) is 12.2 Å². The van der Waals surface area contributed by atoms with Gasteiger partial charge in [-0.05, 0) is 12.1 Å². The van der Waals surface area contributed by atoms with Crippen LogP contribution in [0, 0.1) is 0 Å². The van der Waals surface area contributed by atoms with Crippen molar-refractivity contribution in [1.82, 2.24) is 4.90 Å². The quantitative estimate of drug-likeness (QED) is 0.620. The molecule has 9 heteroatoms. The third-order valence-corrected chi connectivity index (χ3v) is 3.14. The molecule has 1 aromatic carbocycles. The number of carboxylic acids is 1. The van der Waals surface area contributed by atoms with Crippen molar-refractivity contribution in [1.29, 1.82) is 0 Å². The van der Waals surface area contributed by atoms with Crippen LogP contribution in [0.15, 0.2) is 18.2 Å². The van der Waals surface area contributed by atoms with Crippen LogP contribution in [-0.2, 0) is 19.1 Å². The monoisotopic (exact) mass is 337 g/mol. The predicted molar refractivity (Wildman–Crippen MR) is 77.5 cm³/mol. The van der Waals surface area contributed by atoms with E-state index in [1.54, 1.807) is 0 Å². The summed E-state index contributed by atoms with van der Waals surface area (Å²) in [4.78, 5) is 47.3. The number of para-hydroxylation sites is 1. The average Bonchev–Trinajstić information content (AvgIpc) is 2.97. The number of aliphatic carboxylic acids is 1. The zero-order valence-corrected chi connectivity index (χ0v) is 13.0. The standard InChI is InChI=1S/C15H15NO8/c1-8(17)23-12-5-3-4-10(13(12)24-9(2)18)14(19)16-7-22-6-11(16)15(20)21/h3-5,11H,6-7H2,1-2H3,(H,20,21)/t11-/m0/s1. The highest BCUT2D eigenvalue weighted by Gasteiger charge is 2.37. The van der Waals surface area contributed by atoms with Crippen molar-refractivity contribution in [3.8, 4) is 11.5 Å². The maximum Gasteiger partial charge on any atom is 0.328 e. The van der Waals surface area contributed by atoms with Crippen LogP contribution in [-0.4, -0.2) is 53.2 Å². The highest BCUT2D eigenvalue weighted by molar-refractivity contribution is 6.00. The number of hydrogen-bond donors (Lipinski definition) is 1. The summed E-state index contributed by atoms with van der Waals surface area (Å²) in [6.45, 7) is 1.92. The van der Waals surface area contributed by atoms with Crippen LogP contribution in [0.3, 0.4) is 0 Å². The molecule has 1 fully saturated rings. The summed E-state index contributed by atoms with van der Waals surface area (Å²) in [7, 11) is 0. The van der Waals surface area contributed by atoms with Gasteiger partial charge in [0.2, 0.25) is 0 Å². The topological polar surface area (TPSA) is 119 Å². The Labute approximate surface area is 136 Å². The van der Waals surface area contributed by atoms with Gasteiger partial charge in [0.25, 0.3) is 5.91 Å². The van der Waals surface area contributed by atoms with Crippen molar-refractivity contribution in [2.24, 2.45) is 0 Å². The molecule has 0 saturated carbocycles. The molecule has 1 aromatic rings. The first kappa shape index (κ1) is 17.4. The van der Waals surface area contributed by atoms with E-state index in [-0.39, 0.29) is 30.4 Å². The van der Waals surface area contributed by atoms with Gasteiger partial charge < -0.3 is 19.3 Å². The lowest BCUT2D eigenvalue weighted by molar-refractivity contribution is -0.141. The lowest BCUT2D eigenvalue weighted by Crippen LogP contribution is -2.41. The van der Waals surface area contributed by atoms with E-state index in [2.05, 4.69) is 0 Å². The fraction of sp³-hybridized carbons (Fsp3) is 0.333. The van der Waals surface area contributed by atoms with E-state index in [1.165, 1.54) is 18.2 Å². The van der Waals surface area contributed by atoms with Crippen molar-refractivity contribution in [2.75, 3.05) is 13.3 Å². The second-order valence-electron chi connectivity index (χ2n) is 4.95. The Balaban J connectivity index is 2.44. The fourth-order valence-electron chi connectivity index (χ4n) is 2.17. The van der Waals surface area contributed by atoms with Crippen LogP contribution in [0.1, 0.15) is 24.2 Å². The van der Waals surface area contributed by atoms with Crippen LogP contribution < -0.4 is 9.47 Å². The highest BCUT2D eigenvalue weighted by Crippen LogP contribution is 2.33. The van der Waals surface area contributed by atoms with E-state index in [0.717, 1.165) is 18.7 Å². The molecule has 0 aliphatic carbocycles. The molecular formula is C15H15NO8. The van der Waals surface area contributed by atoms with E-state index in [9.17, 15) is 19.2 Å². The molecule has 0 bridgehead atoms. The summed E-state index contributed by atoms with van der Waals surface area (Å²) in [5, 5.41) is 9.14. The smallest absolute Gasteiger partial charge is 0.328 e. The van der Waals surface area contributed by atoms with Crippen LogP contribution >= 0.6 is 0 Å². The van der Waals surface area contributed by atoms with Crippen molar-refractivity contribution in [3.63, 3.8) is 0 Å². The molecule has 0 spiro atoms. The number of benzene rings is 1. The third-order valence-electron chi connectivity index (χ3n) is 3.14. The van der Waals surface area contributed by atoms with Gasteiger partial charge in [0.15, 0.2) is 17.5 Å². The Morgan fingerprint density at radius 3 is 2.42 bits per heavy atom. The molecular weight excluding hydrogens is 322 g/mol. The zero-order valence-electron chi connectivity index (χ0n) is 13.0. The average molecular weight is 337 g/mol. The number of hydrogen-bond acceptors (Lipinski definition) is 7. The number of rotatable bonds is 4. The maximum absolute atomic E-state index is 12.7. The number of carboxylic acid groups (broad SMARTS) is 1. The van der Waals surface area contributed by atoms with E-state index in [4.69, 9.17) is 19.3 Å². The van der Waals surface area contributed by atoms with Crippen LogP contribution in [0.4, 0.5) is 0 Å². The molecule has 1 saturated heterocycles. The molecule has 9 nitrogen and oxygen atoms in total. The Morgan fingerprint density at radius 1 is 1.17 bits per heavy atom. The second kappa shape index (κ2) is 7.09. The van der Waals surface area contributed by atoms with E-state index in [0.29, 0.717) is 0 Å². The normalized spacial score (nSPS) is 16.6. The predicted octanol–water partition coefficient (Wildman–Crippen LogP) is 0.420. The van der Waals surface area contributed by atoms with Crippen molar-refractivity contribution in [2.45, 2.75) is 19.9 Å². The molecule has 1 aliphatic rings. The molecule has 1 amide bonds. The molecule has 1 N–H and O–H groups in total. The van der Waals surface area contributed by atoms with Crippen molar-refractivity contribution in [3.05, 3.63) is 23.8 Å². The molecule has 0 radical (unpaired) electrons. The first-order chi connectivity index (χ1) is 11.3. The van der Waals surface area contributed by atoms with Gasteiger partial charge in [-0.2, -0.15) is 0 Å². The van der Waals surface area contributed by atoms with Gasteiger partial charge in [-0.3, -0.25) is 19.3 Å². The highest BCUT2D eigenvalue weighted by atomic mass is 16.6. The van der Waals surface area contributed by atoms with Gasteiger partial charge in [-0.25, -0.2) is 4.79 Å². The zero-order chi connectivity index (χ0) is 17.9. The Morgan fingerprint density at radius 2 is 1.83 bits per heavy atom. The molecule has 1 atom stereocenters. The number of carbonyl (C=O) groups is 4. The van der Waals surface area contributed by atoms with Crippen LogP contribution in [0.25, 0.3) is 0 Å². The number of esters is 2. The summed E-state index contributed by atoms with van der Waals surface area (Å²) >= 11 is 0. The van der Waals surface area contributed by atoms with Gasteiger partial charge >= 0.3 is 17.9 Å². The lowest BCUT2D eigenvalue weighted by Gasteiger charge is -2.21. The Kier molecular flexibility index (Phi) is 5.14. The Bertz CT molecular complexity index is 699. The van der Waals surface area contributed by atoms with Gasteiger partial charge in [0, 0.05) is 13.8 Å². The molecule has 0 aromatic heterocycles. The van der Waals surface area contributed by atoms with Gasteiger partial charge in [-0.1, -0.05) is 6.07 Å². The SMILES string of the molecule is CC(=O)Oc1cccc(C(=O)N2COC[C@H]2C(=O)O)c1OC(C)=O. The number of carbonyl (C=O) groups excluding carboxylic acids is 3. The van der Waals surface area contributed by atoms with E-state index in [1.807, 2.05) is 0 Å². The third kappa shape index (κ3) is 3.69. The molecule has 24 heavy (non-hydrogen) atoms. The lowest BCUT2D eigenvalue weighted by atomic mass is 10.1. The van der Waals surface area contributed by atoms with Gasteiger partial charge in [-0.15, -0.1) is 0 Å². The van der Waals surface area contributed by atoms with Gasteiger partial charge in [0.1, 0.15) is 6.73 Å². The molecule has 1 aliphatic heterocycles. The first-order valence-electron chi connectivity index (χ1n) is 6.92.